The molecule has 0 radical (unpaired) electrons. The molecular formula is C27H32N2O8. The molecule has 2 amide bonds. The van der Waals surface area contributed by atoms with E-state index in [-0.39, 0.29) is 38.5 Å². The van der Waals surface area contributed by atoms with E-state index < -0.39 is 41.5 Å². The lowest BCUT2D eigenvalue weighted by Crippen LogP contribution is -2.43. The number of aliphatic carboxylic acids is 2. The fourth-order valence-electron chi connectivity index (χ4n) is 3.62. The van der Waals surface area contributed by atoms with Crippen molar-refractivity contribution in [2.24, 2.45) is 11.7 Å². The number of carbonyl (C=O) groups excluding carboxylic acids is 3. The number of carbonyl (C=O) groups is 5. The van der Waals surface area contributed by atoms with Crippen LogP contribution in [-0.4, -0.2) is 45.8 Å². The standard InChI is InChI=1S/C27H32N2O8/c28-27(36)20(11-14-25(32)33)16-23(30)22(12-15-26(34)35)29-24(31)13-10-18-6-8-19(9-7-18)17-37-21-4-2-1-3-5-21/h1-9,20,22H,10-17H2,(H2,28,36)(H,29,31)(H,32,33)(H,34,35)/t20-,22+/m1/s1. The molecule has 0 fully saturated rings. The van der Waals surface area contributed by atoms with E-state index in [1.165, 1.54) is 0 Å². The zero-order valence-corrected chi connectivity index (χ0v) is 20.4. The monoisotopic (exact) mass is 512 g/mol. The molecule has 2 rings (SSSR count). The number of benzene rings is 2. The van der Waals surface area contributed by atoms with Gasteiger partial charge in [-0.2, -0.15) is 0 Å². The summed E-state index contributed by atoms with van der Waals surface area (Å²) in [4.78, 5) is 58.7. The maximum Gasteiger partial charge on any atom is 0.303 e. The van der Waals surface area contributed by atoms with Gasteiger partial charge in [0.25, 0.3) is 0 Å². The van der Waals surface area contributed by atoms with Crippen LogP contribution in [0.25, 0.3) is 0 Å². The molecular weight excluding hydrogens is 480 g/mol. The van der Waals surface area contributed by atoms with E-state index in [1.807, 2.05) is 54.6 Å². The molecule has 0 saturated heterocycles. The molecule has 198 valence electrons. The summed E-state index contributed by atoms with van der Waals surface area (Å²) in [7, 11) is 0. The number of carboxylic acid groups (broad SMARTS) is 2. The van der Waals surface area contributed by atoms with Gasteiger partial charge in [-0.15, -0.1) is 0 Å². The predicted molar refractivity (Wildman–Crippen MR) is 134 cm³/mol. The number of Topliss-reactive ketones (excluding diaryl/α,β-unsaturated/α-hetero) is 1. The summed E-state index contributed by atoms with van der Waals surface area (Å²) in [5.41, 5.74) is 7.15. The van der Waals surface area contributed by atoms with Crippen LogP contribution < -0.4 is 15.8 Å². The quantitative estimate of drug-likeness (QED) is 0.250. The molecule has 0 aliphatic rings. The van der Waals surface area contributed by atoms with Crippen molar-refractivity contribution in [1.82, 2.24) is 5.32 Å². The van der Waals surface area contributed by atoms with E-state index >= 15 is 0 Å². The van der Waals surface area contributed by atoms with Crippen LogP contribution in [-0.2, 0) is 37.0 Å². The van der Waals surface area contributed by atoms with Gasteiger partial charge in [-0.1, -0.05) is 42.5 Å². The number of ether oxygens (including phenoxy) is 1. The number of hydrogen-bond acceptors (Lipinski definition) is 6. The zero-order chi connectivity index (χ0) is 27.2. The van der Waals surface area contributed by atoms with Crippen molar-refractivity contribution in [2.75, 3.05) is 0 Å². The summed E-state index contributed by atoms with van der Waals surface area (Å²) in [5, 5.41) is 20.4. The molecule has 2 aromatic rings. The second-order valence-electron chi connectivity index (χ2n) is 8.67. The second-order valence-corrected chi connectivity index (χ2v) is 8.67. The normalized spacial score (nSPS) is 12.2. The Kier molecular flexibility index (Phi) is 11.8. The minimum Gasteiger partial charge on any atom is -0.489 e. The first-order valence-corrected chi connectivity index (χ1v) is 11.9. The fraction of sp³-hybridized carbons (Fsp3) is 0.370. The Bertz CT molecular complexity index is 1070. The summed E-state index contributed by atoms with van der Waals surface area (Å²) in [6.45, 7) is 0.400. The lowest BCUT2D eigenvalue weighted by atomic mass is 9.92. The highest BCUT2D eigenvalue weighted by Crippen LogP contribution is 2.16. The molecule has 0 spiro atoms. The molecule has 37 heavy (non-hydrogen) atoms. The number of para-hydroxylation sites is 1. The molecule has 0 aliphatic heterocycles. The lowest BCUT2D eigenvalue weighted by molar-refractivity contribution is -0.139. The molecule has 10 nitrogen and oxygen atoms in total. The van der Waals surface area contributed by atoms with Crippen molar-refractivity contribution in [1.29, 1.82) is 0 Å². The number of ketones is 1. The van der Waals surface area contributed by atoms with Gasteiger partial charge in [0.05, 0.1) is 6.04 Å². The van der Waals surface area contributed by atoms with Gasteiger partial charge >= 0.3 is 11.9 Å². The average molecular weight is 513 g/mol. The summed E-state index contributed by atoms with van der Waals surface area (Å²) in [5.74, 6) is -4.35. The first-order chi connectivity index (χ1) is 17.6. The summed E-state index contributed by atoms with van der Waals surface area (Å²) in [6, 6.07) is 15.9. The third-order valence-corrected chi connectivity index (χ3v) is 5.74. The molecule has 0 aromatic heterocycles. The Labute approximate surface area is 214 Å². The molecule has 0 heterocycles. The van der Waals surface area contributed by atoms with Gasteiger partial charge in [-0.3, -0.25) is 24.0 Å². The predicted octanol–water partition coefficient (Wildman–Crippen LogP) is 2.47. The first kappa shape index (κ1) is 29.0. The van der Waals surface area contributed by atoms with Gasteiger partial charge in [-0.25, -0.2) is 0 Å². The average Bonchev–Trinajstić information content (AvgIpc) is 2.87. The van der Waals surface area contributed by atoms with Crippen LogP contribution in [0.4, 0.5) is 0 Å². The molecule has 0 aliphatic carbocycles. The molecule has 2 atom stereocenters. The van der Waals surface area contributed by atoms with Crippen molar-refractivity contribution >= 4 is 29.5 Å². The van der Waals surface area contributed by atoms with Crippen LogP contribution in [0.1, 0.15) is 49.7 Å². The van der Waals surface area contributed by atoms with Gasteiger partial charge in [0, 0.05) is 31.6 Å². The number of aryl methyl sites for hydroxylation is 1. The molecule has 2 aromatic carbocycles. The highest BCUT2D eigenvalue weighted by atomic mass is 16.5. The third kappa shape index (κ3) is 11.4. The number of hydrogen-bond donors (Lipinski definition) is 4. The van der Waals surface area contributed by atoms with E-state index in [1.54, 1.807) is 0 Å². The fourth-order valence-corrected chi connectivity index (χ4v) is 3.62. The SMILES string of the molecule is NC(=O)[C@H](CCC(=O)O)CC(=O)[C@H](CCC(=O)O)NC(=O)CCc1ccc(COc2ccccc2)cc1. The summed E-state index contributed by atoms with van der Waals surface area (Å²) in [6.07, 6.45) is -0.894. The van der Waals surface area contributed by atoms with Crippen LogP contribution >= 0.6 is 0 Å². The summed E-state index contributed by atoms with van der Waals surface area (Å²) < 4.78 is 5.71. The van der Waals surface area contributed by atoms with Gasteiger partial charge in [0.1, 0.15) is 12.4 Å². The van der Waals surface area contributed by atoms with E-state index in [2.05, 4.69) is 5.32 Å². The maximum atomic E-state index is 12.8. The highest BCUT2D eigenvalue weighted by molar-refractivity contribution is 5.92. The highest BCUT2D eigenvalue weighted by Gasteiger charge is 2.27. The Balaban J connectivity index is 1.90. The van der Waals surface area contributed by atoms with Gasteiger partial charge in [-0.05, 0) is 42.5 Å². The Hall–Kier alpha value is -4.21. The van der Waals surface area contributed by atoms with Crippen LogP contribution in [0, 0.1) is 5.92 Å². The first-order valence-electron chi connectivity index (χ1n) is 11.9. The van der Waals surface area contributed by atoms with E-state index in [4.69, 9.17) is 20.7 Å². The molecule has 0 unspecified atom stereocenters. The van der Waals surface area contributed by atoms with Crippen LogP contribution in [0.3, 0.4) is 0 Å². The smallest absolute Gasteiger partial charge is 0.303 e. The Morgan fingerprint density at radius 2 is 1.41 bits per heavy atom. The zero-order valence-electron chi connectivity index (χ0n) is 20.4. The third-order valence-electron chi connectivity index (χ3n) is 5.74. The van der Waals surface area contributed by atoms with Crippen molar-refractivity contribution in [3.05, 3.63) is 65.7 Å². The van der Waals surface area contributed by atoms with Crippen LogP contribution in [0.2, 0.25) is 0 Å². The van der Waals surface area contributed by atoms with Crippen LogP contribution in [0.15, 0.2) is 54.6 Å². The Morgan fingerprint density at radius 1 is 0.811 bits per heavy atom. The second kappa shape index (κ2) is 15.0. The van der Waals surface area contributed by atoms with Crippen LogP contribution in [0.5, 0.6) is 5.75 Å². The van der Waals surface area contributed by atoms with Gasteiger partial charge in [0.15, 0.2) is 5.78 Å². The van der Waals surface area contributed by atoms with Crippen molar-refractivity contribution in [2.45, 2.75) is 57.6 Å². The van der Waals surface area contributed by atoms with Crippen molar-refractivity contribution in [3.8, 4) is 5.75 Å². The van der Waals surface area contributed by atoms with Crippen molar-refractivity contribution < 1.29 is 38.9 Å². The number of rotatable bonds is 17. The number of amides is 2. The minimum atomic E-state index is -1.14. The van der Waals surface area contributed by atoms with Gasteiger partial charge < -0.3 is 26.0 Å². The largest absolute Gasteiger partial charge is 0.489 e. The topological polar surface area (TPSA) is 173 Å². The van der Waals surface area contributed by atoms with E-state index in [0.29, 0.717) is 13.0 Å². The maximum absolute atomic E-state index is 12.8. The molecule has 0 saturated carbocycles. The number of primary amides is 1. The van der Waals surface area contributed by atoms with E-state index in [9.17, 15) is 24.0 Å². The molecule has 0 bridgehead atoms. The number of nitrogens with one attached hydrogen (secondary N) is 1. The minimum absolute atomic E-state index is 0.0645. The summed E-state index contributed by atoms with van der Waals surface area (Å²) >= 11 is 0. The molecule has 10 heteroatoms. The Morgan fingerprint density at radius 3 is 2.00 bits per heavy atom. The number of nitrogens with two attached hydrogens (primary N) is 1. The van der Waals surface area contributed by atoms with E-state index in [0.717, 1.165) is 16.9 Å². The van der Waals surface area contributed by atoms with Crippen molar-refractivity contribution in [3.63, 3.8) is 0 Å². The van der Waals surface area contributed by atoms with Gasteiger partial charge in [0.2, 0.25) is 11.8 Å². The lowest BCUT2D eigenvalue weighted by Gasteiger charge is -2.19. The molecule has 5 N–H and O–H groups in total. The number of carboxylic acids is 2.